The van der Waals surface area contributed by atoms with E-state index < -0.39 is 0 Å². The lowest BCUT2D eigenvalue weighted by molar-refractivity contribution is 0.0896. The molecule has 1 fully saturated rings. The Morgan fingerprint density at radius 1 is 1.16 bits per heavy atom. The summed E-state index contributed by atoms with van der Waals surface area (Å²) in [7, 11) is 3.21. The van der Waals surface area contributed by atoms with Crippen LogP contribution >= 0.6 is 0 Å². The molecule has 6 nitrogen and oxygen atoms in total. The highest BCUT2D eigenvalue weighted by Crippen LogP contribution is 2.32. The van der Waals surface area contributed by atoms with Crippen LogP contribution in [-0.2, 0) is 0 Å². The van der Waals surface area contributed by atoms with Gasteiger partial charge < -0.3 is 24.7 Å². The molecular weight excluding hydrogens is 318 g/mol. The minimum atomic E-state index is -0.0582. The number of carbonyl (C=O) groups is 1. The zero-order valence-electron chi connectivity index (χ0n) is 15.4. The summed E-state index contributed by atoms with van der Waals surface area (Å²) in [6.07, 6.45) is 1.98. The molecule has 25 heavy (non-hydrogen) atoms. The molecule has 136 valence electrons. The Morgan fingerprint density at radius 3 is 2.40 bits per heavy atom. The first-order valence-electron chi connectivity index (χ1n) is 8.81. The van der Waals surface area contributed by atoms with E-state index in [9.17, 15) is 4.79 Å². The van der Waals surface area contributed by atoms with Crippen LogP contribution in [0.15, 0.2) is 18.2 Å². The summed E-state index contributed by atoms with van der Waals surface area (Å²) >= 11 is 0. The van der Waals surface area contributed by atoms with Crippen molar-refractivity contribution < 1.29 is 14.3 Å². The van der Waals surface area contributed by atoms with Crippen molar-refractivity contribution in [3.63, 3.8) is 0 Å². The van der Waals surface area contributed by atoms with Crippen LogP contribution in [0.25, 0.3) is 10.9 Å². The van der Waals surface area contributed by atoms with Gasteiger partial charge in [-0.2, -0.15) is 0 Å². The predicted octanol–water partition coefficient (Wildman–Crippen LogP) is 2.79. The monoisotopic (exact) mass is 345 g/mol. The van der Waals surface area contributed by atoms with Crippen molar-refractivity contribution in [1.29, 1.82) is 0 Å². The Kier molecular flexibility index (Phi) is 5.18. The molecule has 0 radical (unpaired) electrons. The number of hydrogen-bond acceptors (Lipinski definition) is 4. The molecule has 2 heterocycles. The molecule has 1 aromatic carbocycles. The normalized spacial score (nSPS) is 16.4. The molecule has 3 rings (SSSR count). The van der Waals surface area contributed by atoms with Gasteiger partial charge in [0, 0.05) is 42.1 Å². The van der Waals surface area contributed by atoms with Gasteiger partial charge in [-0.3, -0.25) is 4.79 Å². The minimum Gasteiger partial charge on any atom is -0.493 e. The van der Waals surface area contributed by atoms with Crippen molar-refractivity contribution in [1.82, 2.24) is 15.2 Å². The van der Waals surface area contributed by atoms with Crippen molar-refractivity contribution in [2.45, 2.75) is 38.8 Å². The molecule has 0 spiro atoms. The maximum Gasteiger partial charge on any atom is 0.267 e. The second kappa shape index (κ2) is 7.35. The lowest BCUT2D eigenvalue weighted by atomic mass is 10.0. The molecule has 1 aliphatic rings. The van der Waals surface area contributed by atoms with E-state index >= 15 is 0 Å². The smallest absolute Gasteiger partial charge is 0.267 e. The van der Waals surface area contributed by atoms with Crippen molar-refractivity contribution >= 4 is 16.8 Å². The van der Waals surface area contributed by atoms with E-state index in [1.54, 1.807) is 14.2 Å². The Hall–Kier alpha value is -2.21. The van der Waals surface area contributed by atoms with Crippen LogP contribution in [-0.4, -0.2) is 55.2 Å². The molecule has 0 bridgehead atoms. The number of carbonyl (C=O) groups excluding carboxylic acids is 1. The first kappa shape index (κ1) is 17.6. The molecule has 0 unspecified atom stereocenters. The van der Waals surface area contributed by atoms with Gasteiger partial charge in [0.1, 0.15) is 5.69 Å². The number of piperidine rings is 1. The quantitative estimate of drug-likeness (QED) is 0.874. The number of likely N-dealkylation sites (tertiary alicyclic amines) is 1. The summed E-state index contributed by atoms with van der Waals surface area (Å²) in [4.78, 5) is 18.2. The van der Waals surface area contributed by atoms with Crippen LogP contribution in [0.5, 0.6) is 11.5 Å². The molecule has 0 aliphatic carbocycles. The molecule has 0 atom stereocenters. The van der Waals surface area contributed by atoms with Gasteiger partial charge in [-0.25, -0.2) is 0 Å². The maximum atomic E-state index is 12.6. The number of hydrogen-bond donors (Lipinski definition) is 2. The summed E-state index contributed by atoms with van der Waals surface area (Å²) in [6.45, 7) is 6.49. The summed E-state index contributed by atoms with van der Waals surface area (Å²) in [5.41, 5.74) is 1.43. The van der Waals surface area contributed by atoms with Gasteiger partial charge in [0.2, 0.25) is 0 Å². The van der Waals surface area contributed by atoms with Crippen LogP contribution in [0.4, 0.5) is 0 Å². The van der Waals surface area contributed by atoms with Crippen molar-refractivity contribution in [3.8, 4) is 11.5 Å². The predicted molar refractivity (Wildman–Crippen MR) is 98.6 cm³/mol. The maximum absolute atomic E-state index is 12.6. The molecular formula is C19H27N3O3. The molecule has 1 aliphatic heterocycles. The van der Waals surface area contributed by atoms with E-state index in [0.29, 0.717) is 23.2 Å². The molecule has 1 aromatic heterocycles. The highest BCUT2D eigenvalue weighted by atomic mass is 16.5. The number of benzene rings is 1. The third-order valence-corrected chi connectivity index (χ3v) is 4.96. The van der Waals surface area contributed by atoms with E-state index in [1.807, 2.05) is 18.2 Å². The van der Waals surface area contributed by atoms with Crippen LogP contribution in [0, 0.1) is 0 Å². The SMILES string of the molecule is COc1cc2cc(C(=O)NC3CCN(C(C)C)CC3)[nH]c2cc1OC. The molecule has 1 saturated heterocycles. The fourth-order valence-corrected chi connectivity index (χ4v) is 3.40. The first-order valence-corrected chi connectivity index (χ1v) is 8.81. The largest absolute Gasteiger partial charge is 0.493 e. The van der Waals surface area contributed by atoms with Crippen LogP contribution in [0.1, 0.15) is 37.2 Å². The average molecular weight is 345 g/mol. The van der Waals surface area contributed by atoms with Gasteiger partial charge in [-0.1, -0.05) is 0 Å². The number of fused-ring (bicyclic) bond motifs is 1. The topological polar surface area (TPSA) is 66.6 Å². The standard InChI is InChI=1S/C19H27N3O3/c1-12(2)22-7-5-14(6-8-22)20-19(23)16-9-13-10-17(24-3)18(25-4)11-15(13)21-16/h9-12,14,21H,5-8H2,1-4H3,(H,20,23). The number of aromatic nitrogens is 1. The van der Waals surface area contributed by atoms with E-state index in [2.05, 4.69) is 29.0 Å². The average Bonchev–Trinajstić information content (AvgIpc) is 3.03. The number of amides is 1. The number of H-pyrrole nitrogens is 1. The second-order valence-electron chi connectivity index (χ2n) is 6.85. The lowest BCUT2D eigenvalue weighted by Gasteiger charge is -2.34. The third kappa shape index (κ3) is 3.74. The number of ether oxygens (including phenoxy) is 2. The molecule has 6 heteroatoms. The minimum absolute atomic E-state index is 0.0582. The molecule has 0 saturated carbocycles. The zero-order chi connectivity index (χ0) is 18.0. The van der Waals surface area contributed by atoms with E-state index in [0.717, 1.165) is 36.8 Å². The van der Waals surface area contributed by atoms with E-state index in [1.165, 1.54) is 0 Å². The van der Waals surface area contributed by atoms with Crippen LogP contribution in [0.3, 0.4) is 0 Å². The Morgan fingerprint density at radius 2 is 1.80 bits per heavy atom. The van der Waals surface area contributed by atoms with Crippen molar-refractivity contribution in [3.05, 3.63) is 23.9 Å². The third-order valence-electron chi connectivity index (χ3n) is 4.96. The van der Waals surface area contributed by atoms with Gasteiger partial charge in [0.05, 0.1) is 14.2 Å². The molecule has 2 aromatic rings. The number of methoxy groups -OCH3 is 2. The second-order valence-corrected chi connectivity index (χ2v) is 6.85. The lowest BCUT2D eigenvalue weighted by Crippen LogP contribution is -2.46. The number of aromatic amines is 1. The Bertz CT molecular complexity index is 705. The molecule has 2 N–H and O–H groups in total. The summed E-state index contributed by atoms with van der Waals surface area (Å²) < 4.78 is 10.6. The van der Waals surface area contributed by atoms with Gasteiger partial charge in [-0.05, 0) is 38.8 Å². The fourth-order valence-electron chi connectivity index (χ4n) is 3.40. The molecule has 1 amide bonds. The number of nitrogens with zero attached hydrogens (tertiary/aromatic N) is 1. The van der Waals surface area contributed by atoms with Gasteiger partial charge in [-0.15, -0.1) is 0 Å². The zero-order valence-corrected chi connectivity index (χ0v) is 15.4. The fraction of sp³-hybridized carbons (Fsp3) is 0.526. The number of rotatable bonds is 5. The summed E-state index contributed by atoms with van der Waals surface area (Å²) in [6, 6.07) is 6.39. The highest BCUT2D eigenvalue weighted by molar-refractivity contribution is 5.98. The van der Waals surface area contributed by atoms with Crippen molar-refractivity contribution in [2.24, 2.45) is 0 Å². The van der Waals surface area contributed by atoms with E-state index in [-0.39, 0.29) is 11.9 Å². The Labute approximate surface area is 148 Å². The van der Waals surface area contributed by atoms with Gasteiger partial charge in [0.15, 0.2) is 11.5 Å². The summed E-state index contributed by atoms with van der Waals surface area (Å²) in [5.74, 6) is 1.24. The van der Waals surface area contributed by atoms with Crippen LogP contribution < -0.4 is 14.8 Å². The van der Waals surface area contributed by atoms with Gasteiger partial charge >= 0.3 is 0 Å². The Balaban J connectivity index is 1.70. The summed E-state index contributed by atoms with van der Waals surface area (Å²) in [5, 5.41) is 4.08. The van der Waals surface area contributed by atoms with Crippen molar-refractivity contribution in [2.75, 3.05) is 27.3 Å². The van der Waals surface area contributed by atoms with E-state index in [4.69, 9.17) is 9.47 Å². The highest BCUT2D eigenvalue weighted by Gasteiger charge is 2.23. The van der Waals surface area contributed by atoms with Crippen LogP contribution in [0.2, 0.25) is 0 Å². The van der Waals surface area contributed by atoms with Gasteiger partial charge in [0.25, 0.3) is 5.91 Å². The first-order chi connectivity index (χ1) is 12.0. The number of nitrogens with one attached hydrogen (secondary N) is 2.